The molecule has 0 radical (unpaired) electrons. The summed E-state index contributed by atoms with van der Waals surface area (Å²) in [4.78, 5) is 36.6. The molecule has 2 amide bonds. The number of primary amides is 1. The number of hydrogen-bond donors (Lipinski definition) is 3. The van der Waals surface area contributed by atoms with E-state index in [0.29, 0.717) is 16.8 Å². The molecule has 214 valence electrons. The van der Waals surface area contributed by atoms with Crippen LogP contribution in [0.4, 0.5) is 29.1 Å². The number of nitrogens with two attached hydrogens (primary N) is 2. The number of rotatable bonds is 6. The zero-order valence-electron chi connectivity index (χ0n) is 22.3. The topological polar surface area (TPSA) is 142 Å². The van der Waals surface area contributed by atoms with Gasteiger partial charge in [-0.3, -0.25) is 9.59 Å². The number of fused-ring (bicyclic) bond motifs is 1. The highest BCUT2D eigenvalue weighted by molar-refractivity contribution is 6.05. The highest BCUT2D eigenvalue weighted by Gasteiger charge is 2.32. The van der Waals surface area contributed by atoms with E-state index in [4.69, 9.17) is 11.5 Å². The molecule has 2 heterocycles. The van der Waals surface area contributed by atoms with E-state index < -0.39 is 29.4 Å². The van der Waals surface area contributed by atoms with Gasteiger partial charge in [0.05, 0.1) is 34.9 Å². The third kappa shape index (κ3) is 5.61. The number of hydrogen-bond acceptors (Lipinski definition) is 6. The highest BCUT2D eigenvalue weighted by atomic mass is 19.4. The summed E-state index contributed by atoms with van der Waals surface area (Å²) in [6.45, 7) is 3.42. The van der Waals surface area contributed by atoms with E-state index in [2.05, 4.69) is 20.3 Å². The quantitative estimate of drug-likeness (QED) is 0.239. The summed E-state index contributed by atoms with van der Waals surface area (Å²) in [6.07, 6.45) is -2.07. The van der Waals surface area contributed by atoms with Crippen LogP contribution in [0.5, 0.6) is 0 Å². The fourth-order valence-corrected chi connectivity index (χ4v) is 4.52. The maximum atomic E-state index is 15.8. The standard InChI is InChI=1S/C29H23F4N7O2/c1-14-3-4-18(10-21(14)20-5-6-22-25(26(20)30)27(35)39-24(38-22)11-23(34)41)37-28(42)16-7-17(29(31,32)33)9-19(8-16)40-12-15(2)36-13-40/h3-10,12-13H,11H2,1-2H3,(H2,34,41)(H,37,42)(H2,35,38,39). The van der Waals surface area contributed by atoms with Crippen LogP contribution in [0.3, 0.4) is 0 Å². The molecule has 9 nitrogen and oxygen atoms in total. The Morgan fingerprint density at radius 2 is 1.76 bits per heavy atom. The van der Waals surface area contributed by atoms with Crippen LogP contribution in [0.25, 0.3) is 27.7 Å². The van der Waals surface area contributed by atoms with E-state index in [1.165, 1.54) is 41.4 Å². The summed E-state index contributed by atoms with van der Waals surface area (Å²) in [5.74, 6) is -2.31. The SMILES string of the molecule is Cc1cn(-c2cc(C(=O)Nc3ccc(C)c(-c4ccc5nc(CC(N)=O)nc(N)c5c4F)c3)cc(C(F)(F)F)c2)cn1. The molecule has 0 fully saturated rings. The first-order valence-electron chi connectivity index (χ1n) is 12.5. The van der Waals surface area contributed by atoms with Crippen molar-refractivity contribution in [3.63, 3.8) is 0 Å². The van der Waals surface area contributed by atoms with Crippen molar-refractivity contribution in [2.45, 2.75) is 26.4 Å². The number of aromatic nitrogens is 4. The smallest absolute Gasteiger partial charge is 0.383 e. The number of nitrogens with zero attached hydrogens (tertiary/aromatic N) is 4. The predicted octanol–water partition coefficient (Wildman–Crippen LogP) is 5.12. The number of carbonyl (C=O) groups excluding carboxylic acids is 2. The number of amides is 2. The Labute approximate surface area is 236 Å². The molecule has 0 spiro atoms. The van der Waals surface area contributed by atoms with E-state index in [0.717, 1.165) is 12.1 Å². The maximum Gasteiger partial charge on any atom is 0.416 e. The Morgan fingerprint density at radius 3 is 2.43 bits per heavy atom. The number of alkyl halides is 3. The van der Waals surface area contributed by atoms with Crippen LogP contribution in [-0.2, 0) is 17.4 Å². The van der Waals surface area contributed by atoms with Crippen LogP contribution in [0.1, 0.15) is 33.0 Å². The fraction of sp³-hybridized carbons (Fsp3) is 0.138. The molecule has 5 rings (SSSR count). The van der Waals surface area contributed by atoms with Crippen molar-refractivity contribution in [3.8, 4) is 16.8 Å². The molecular weight excluding hydrogens is 554 g/mol. The van der Waals surface area contributed by atoms with Crippen LogP contribution < -0.4 is 16.8 Å². The average molecular weight is 578 g/mol. The summed E-state index contributed by atoms with van der Waals surface area (Å²) < 4.78 is 58.2. The van der Waals surface area contributed by atoms with Gasteiger partial charge in [0.2, 0.25) is 5.91 Å². The molecule has 0 saturated heterocycles. The van der Waals surface area contributed by atoms with Gasteiger partial charge in [-0.1, -0.05) is 6.07 Å². The molecule has 0 aliphatic carbocycles. The molecule has 0 aliphatic heterocycles. The summed E-state index contributed by atoms with van der Waals surface area (Å²) in [5.41, 5.74) is 12.2. The second-order valence-corrected chi connectivity index (χ2v) is 9.66. The zero-order valence-corrected chi connectivity index (χ0v) is 22.3. The summed E-state index contributed by atoms with van der Waals surface area (Å²) >= 11 is 0. The number of benzene rings is 3. The Hall–Kier alpha value is -5.33. The lowest BCUT2D eigenvalue weighted by atomic mass is 9.97. The lowest BCUT2D eigenvalue weighted by molar-refractivity contribution is -0.137. The summed E-state index contributed by atoms with van der Waals surface area (Å²) in [6, 6.07) is 10.7. The van der Waals surface area contributed by atoms with Gasteiger partial charge in [0.1, 0.15) is 17.5 Å². The molecule has 0 aliphatic rings. The average Bonchev–Trinajstić information content (AvgIpc) is 3.35. The van der Waals surface area contributed by atoms with Gasteiger partial charge in [-0.05, 0) is 67.4 Å². The molecule has 42 heavy (non-hydrogen) atoms. The third-order valence-corrected chi connectivity index (χ3v) is 6.51. The Bertz CT molecular complexity index is 1880. The lowest BCUT2D eigenvalue weighted by Crippen LogP contribution is -2.16. The Kier molecular flexibility index (Phi) is 7.10. The van der Waals surface area contributed by atoms with Crippen LogP contribution in [0, 0.1) is 19.7 Å². The Morgan fingerprint density at radius 1 is 1.00 bits per heavy atom. The van der Waals surface area contributed by atoms with Crippen molar-refractivity contribution < 1.29 is 27.2 Å². The largest absolute Gasteiger partial charge is 0.416 e. The van der Waals surface area contributed by atoms with Crippen molar-refractivity contribution in [1.82, 2.24) is 19.5 Å². The van der Waals surface area contributed by atoms with Gasteiger partial charge in [0.15, 0.2) is 0 Å². The molecular formula is C29H23F4N7O2. The maximum absolute atomic E-state index is 15.8. The number of imidazole rings is 1. The highest BCUT2D eigenvalue weighted by Crippen LogP contribution is 2.35. The van der Waals surface area contributed by atoms with Crippen molar-refractivity contribution in [2.75, 3.05) is 11.1 Å². The number of aryl methyl sites for hydroxylation is 2. The zero-order chi connectivity index (χ0) is 30.3. The molecule has 0 unspecified atom stereocenters. The molecule has 5 aromatic rings. The number of anilines is 2. The minimum atomic E-state index is -4.70. The first-order valence-corrected chi connectivity index (χ1v) is 12.5. The van der Waals surface area contributed by atoms with Gasteiger partial charge in [-0.2, -0.15) is 13.2 Å². The van der Waals surface area contributed by atoms with Gasteiger partial charge in [-0.25, -0.2) is 19.3 Å². The van der Waals surface area contributed by atoms with E-state index in [1.807, 2.05) is 0 Å². The second-order valence-electron chi connectivity index (χ2n) is 9.66. The minimum absolute atomic E-state index is 0.0548. The number of nitrogen functional groups attached to an aromatic ring is 1. The van der Waals surface area contributed by atoms with Crippen molar-refractivity contribution in [2.24, 2.45) is 5.73 Å². The van der Waals surface area contributed by atoms with Crippen molar-refractivity contribution >= 4 is 34.2 Å². The van der Waals surface area contributed by atoms with Gasteiger partial charge in [0, 0.05) is 28.7 Å². The van der Waals surface area contributed by atoms with Crippen LogP contribution in [0.15, 0.2) is 61.1 Å². The number of nitrogens with one attached hydrogen (secondary N) is 1. The molecule has 5 N–H and O–H groups in total. The first-order chi connectivity index (χ1) is 19.8. The molecule has 3 aromatic carbocycles. The van der Waals surface area contributed by atoms with Crippen molar-refractivity contribution in [3.05, 3.63) is 95.1 Å². The van der Waals surface area contributed by atoms with Crippen LogP contribution in [0.2, 0.25) is 0 Å². The monoisotopic (exact) mass is 577 g/mol. The fourth-order valence-electron chi connectivity index (χ4n) is 4.52. The molecule has 0 atom stereocenters. The van der Waals surface area contributed by atoms with Gasteiger partial charge >= 0.3 is 6.18 Å². The Balaban J connectivity index is 1.51. The predicted molar refractivity (Wildman–Crippen MR) is 148 cm³/mol. The van der Waals surface area contributed by atoms with Crippen molar-refractivity contribution in [1.29, 1.82) is 0 Å². The second kappa shape index (κ2) is 10.6. The van der Waals surface area contributed by atoms with Gasteiger partial charge < -0.3 is 21.4 Å². The van der Waals surface area contributed by atoms with Crippen LogP contribution in [-0.4, -0.2) is 31.3 Å². The van der Waals surface area contributed by atoms with Crippen LogP contribution >= 0.6 is 0 Å². The lowest BCUT2D eigenvalue weighted by Gasteiger charge is -2.15. The van der Waals surface area contributed by atoms with E-state index in [-0.39, 0.29) is 51.5 Å². The summed E-state index contributed by atoms with van der Waals surface area (Å²) in [5, 5.41) is 2.55. The van der Waals surface area contributed by atoms with Gasteiger partial charge in [-0.15, -0.1) is 0 Å². The molecule has 0 saturated carbocycles. The first kappa shape index (κ1) is 28.2. The minimum Gasteiger partial charge on any atom is -0.383 e. The summed E-state index contributed by atoms with van der Waals surface area (Å²) in [7, 11) is 0. The molecule has 0 bridgehead atoms. The van der Waals surface area contributed by atoms with E-state index >= 15 is 4.39 Å². The normalized spacial score (nSPS) is 11.6. The third-order valence-electron chi connectivity index (χ3n) is 6.51. The van der Waals surface area contributed by atoms with Gasteiger partial charge in [0.25, 0.3) is 5.91 Å². The molecule has 2 aromatic heterocycles. The van der Waals surface area contributed by atoms with E-state index in [1.54, 1.807) is 26.0 Å². The number of halogens is 4. The van der Waals surface area contributed by atoms with E-state index in [9.17, 15) is 22.8 Å². The number of carbonyl (C=O) groups is 2. The molecule has 13 heteroatoms.